The molecule has 5 rings (SSSR count). The Balaban J connectivity index is 1.22. The Hall–Kier alpha value is -3.18. The van der Waals surface area contributed by atoms with E-state index in [-0.39, 0.29) is 6.04 Å². The minimum absolute atomic E-state index is 0.0999. The molecule has 204 valence electrons. The quantitative estimate of drug-likeness (QED) is 0.475. The molecule has 1 atom stereocenters. The molecule has 2 fully saturated rings. The van der Waals surface area contributed by atoms with Gasteiger partial charge in [-0.15, -0.1) is 0 Å². The van der Waals surface area contributed by atoms with Crippen LogP contribution in [0.4, 0.5) is 24.8 Å². The molecule has 0 amide bonds. The first kappa shape index (κ1) is 26.4. The van der Waals surface area contributed by atoms with Gasteiger partial charge in [0.2, 0.25) is 0 Å². The van der Waals surface area contributed by atoms with E-state index in [2.05, 4.69) is 47.9 Å². The van der Waals surface area contributed by atoms with Crippen LogP contribution in [0.25, 0.3) is 11.3 Å². The Morgan fingerprint density at radius 1 is 0.974 bits per heavy atom. The molecule has 0 aliphatic carbocycles. The second kappa shape index (κ2) is 11.3. The maximum absolute atomic E-state index is 12.9. The molecule has 0 unspecified atom stereocenters. The van der Waals surface area contributed by atoms with Gasteiger partial charge in [-0.05, 0) is 63.0 Å². The zero-order valence-corrected chi connectivity index (χ0v) is 21.7. The Bertz CT molecular complexity index is 1200. The third-order valence-corrected chi connectivity index (χ3v) is 7.63. The molecule has 0 radical (unpaired) electrons. The van der Waals surface area contributed by atoms with E-state index >= 15 is 0 Å². The number of aromatic amines is 1. The number of nitrogens with two attached hydrogens (primary N) is 1. The van der Waals surface area contributed by atoms with E-state index in [0.717, 1.165) is 73.8 Å². The number of halogens is 3. The summed E-state index contributed by atoms with van der Waals surface area (Å²) in [6, 6.07) is 4.78. The molecular weight excluding hydrogens is 493 g/mol. The number of likely N-dealkylation sites (tertiary alicyclic amines) is 1. The maximum Gasteiger partial charge on any atom is 0.417 e. The summed E-state index contributed by atoms with van der Waals surface area (Å²) in [5, 5.41) is 7.46. The standard InChI is InChI=1S/C27H35F3N8/c1-19-17-37(11-12-38(19)24-6-5-23(16-32-24)27(28,29)30)18-22-15-34-35-25(22)21-13-20(26(31)33-14-21)7-10-36-8-3-2-4-9-36/h5-6,13-16,19H,2-4,7-12,17-18H2,1H3,(H2,31,33)(H,34,35)/t19-/m1/s1. The van der Waals surface area contributed by atoms with Crippen LogP contribution in [0, 0.1) is 0 Å². The highest BCUT2D eigenvalue weighted by atomic mass is 19.4. The van der Waals surface area contributed by atoms with Crippen LogP contribution in [0.5, 0.6) is 0 Å². The summed E-state index contributed by atoms with van der Waals surface area (Å²) in [6.07, 6.45) is 4.89. The second-order valence-electron chi connectivity index (χ2n) is 10.4. The van der Waals surface area contributed by atoms with E-state index in [9.17, 15) is 13.2 Å². The number of piperidine rings is 1. The lowest BCUT2D eigenvalue weighted by molar-refractivity contribution is -0.137. The first-order chi connectivity index (χ1) is 18.3. The van der Waals surface area contributed by atoms with Crippen molar-refractivity contribution in [2.24, 2.45) is 0 Å². The van der Waals surface area contributed by atoms with Crippen LogP contribution in [-0.2, 0) is 19.1 Å². The van der Waals surface area contributed by atoms with Gasteiger partial charge in [-0.2, -0.15) is 18.3 Å². The molecular formula is C27H35F3N8. The lowest BCUT2D eigenvalue weighted by Crippen LogP contribution is -2.51. The summed E-state index contributed by atoms with van der Waals surface area (Å²) in [6.45, 7) is 8.26. The van der Waals surface area contributed by atoms with E-state index < -0.39 is 11.7 Å². The van der Waals surface area contributed by atoms with Gasteiger partial charge in [-0.1, -0.05) is 6.42 Å². The number of piperazine rings is 1. The van der Waals surface area contributed by atoms with Gasteiger partial charge in [0.05, 0.1) is 17.5 Å². The average Bonchev–Trinajstić information content (AvgIpc) is 3.36. The molecule has 2 aliphatic rings. The Labute approximate surface area is 221 Å². The molecule has 0 saturated carbocycles. The fourth-order valence-corrected chi connectivity index (χ4v) is 5.48. The van der Waals surface area contributed by atoms with Crippen molar-refractivity contribution in [3.63, 3.8) is 0 Å². The molecule has 3 N–H and O–H groups in total. The molecule has 0 aromatic carbocycles. The summed E-state index contributed by atoms with van der Waals surface area (Å²) >= 11 is 0. The highest BCUT2D eigenvalue weighted by Crippen LogP contribution is 2.30. The van der Waals surface area contributed by atoms with Gasteiger partial charge in [0.15, 0.2) is 0 Å². The second-order valence-corrected chi connectivity index (χ2v) is 10.4. The number of nitrogen functional groups attached to an aromatic ring is 1. The van der Waals surface area contributed by atoms with Crippen LogP contribution < -0.4 is 10.6 Å². The van der Waals surface area contributed by atoms with E-state index in [1.807, 2.05) is 6.20 Å². The SMILES string of the molecule is C[C@@H]1CN(Cc2cn[nH]c2-c2cnc(N)c(CCN3CCCCC3)c2)CCN1c1ccc(C(F)(F)F)cn1. The molecule has 2 aliphatic heterocycles. The number of nitrogens with one attached hydrogen (secondary N) is 1. The fourth-order valence-electron chi connectivity index (χ4n) is 5.48. The highest BCUT2D eigenvalue weighted by Gasteiger charge is 2.32. The Morgan fingerprint density at radius 2 is 1.79 bits per heavy atom. The summed E-state index contributed by atoms with van der Waals surface area (Å²) < 4.78 is 38.7. The van der Waals surface area contributed by atoms with E-state index in [1.165, 1.54) is 25.3 Å². The highest BCUT2D eigenvalue weighted by molar-refractivity contribution is 5.64. The van der Waals surface area contributed by atoms with Crippen molar-refractivity contribution in [1.29, 1.82) is 0 Å². The molecule has 0 bridgehead atoms. The van der Waals surface area contributed by atoms with Gasteiger partial charge in [-0.25, -0.2) is 9.97 Å². The van der Waals surface area contributed by atoms with Gasteiger partial charge < -0.3 is 15.5 Å². The van der Waals surface area contributed by atoms with Crippen molar-refractivity contribution in [3.8, 4) is 11.3 Å². The van der Waals surface area contributed by atoms with Crippen molar-refractivity contribution in [1.82, 2.24) is 30.0 Å². The largest absolute Gasteiger partial charge is 0.417 e. The van der Waals surface area contributed by atoms with Gasteiger partial charge in [0.1, 0.15) is 11.6 Å². The molecule has 3 aromatic rings. The van der Waals surface area contributed by atoms with Crippen LogP contribution >= 0.6 is 0 Å². The summed E-state index contributed by atoms with van der Waals surface area (Å²) in [4.78, 5) is 15.5. The third kappa shape index (κ3) is 6.10. The number of hydrogen-bond donors (Lipinski definition) is 2. The molecule has 8 nitrogen and oxygen atoms in total. The van der Waals surface area contributed by atoms with E-state index in [0.29, 0.717) is 24.7 Å². The summed E-state index contributed by atoms with van der Waals surface area (Å²) in [7, 11) is 0. The van der Waals surface area contributed by atoms with Gasteiger partial charge in [-0.3, -0.25) is 10.00 Å². The number of aromatic nitrogens is 4. The van der Waals surface area contributed by atoms with Crippen molar-refractivity contribution in [2.75, 3.05) is 49.9 Å². The van der Waals surface area contributed by atoms with Gasteiger partial charge >= 0.3 is 6.18 Å². The van der Waals surface area contributed by atoms with Gasteiger partial charge in [0.25, 0.3) is 0 Å². The number of anilines is 2. The molecule has 11 heteroatoms. The number of hydrogen-bond acceptors (Lipinski definition) is 7. The number of nitrogens with zero attached hydrogens (tertiary/aromatic N) is 6. The Morgan fingerprint density at radius 3 is 2.50 bits per heavy atom. The van der Waals surface area contributed by atoms with Crippen molar-refractivity contribution in [2.45, 2.75) is 51.4 Å². The third-order valence-electron chi connectivity index (χ3n) is 7.63. The predicted molar refractivity (Wildman–Crippen MR) is 142 cm³/mol. The van der Waals surface area contributed by atoms with Crippen LogP contribution in [0.3, 0.4) is 0 Å². The molecule has 3 aromatic heterocycles. The average molecular weight is 529 g/mol. The first-order valence-corrected chi connectivity index (χ1v) is 13.3. The molecule has 5 heterocycles. The topological polar surface area (TPSA) is 90.2 Å². The van der Waals surface area contributed by atoms with Crippen molar-refractivity contribution in [3.05, 3.63) is 53.5 Å². The fraction of sp³-hybridized carbons (Fsp3) is 0.519. The number of H-pyrrole nitrogens is 1. The van der Waals surface area contributed by atoms with Crippen LogP contribution in [-0.4, -0.2) is 75.3 Å². The van der Waals surface area contributed by atoms with Crippen LogP contribution in [0.15, 0.2) is 36.8 Å². The van der Waals surface area contributed by atoms with Crippen molar-refractivity contribution < 1.29 is 13.2 Å². The minimum Gasteiger partial charge on any atom is -0.383 e. The molecule has 38 heavy (non-hydrogen) atoms. The van der Waals surface area contributed by atoms with Gasteiger partial charge in [0, 0.05) is 62.3 Å². The number of alkyl halides is 3. The smallest absolute Gasteiger partial charge is 0.383 e. The Kier molecular flexibility index (Phi) is 7.85. The maximum atomic E-state index is 12.9. The minimum atomic E-state index is -4.38. The zero-order valence-electron chi connectivity index (χ0n) is 21.7. The molecule has 0 spiro atoms. The monoisotopic (exact) mass is 528 g/mol. The lowest BCUT2D eigenvalue weighted by Gasteiger charge is -2.40. The molecule has 2 saturated heterocycles. The predicted octanol–water partition coefficient (Wildman–Crippen LogP) is 4.21. The summed E-state index contributed by atoms with van der Waals surface area (Å²) in [5.74, 6) is 1.15. The van der Waals surface area contributed by atoms with E-state index in [1.54, 1.807) is 6.20 Å². The normalized spacial score (nSPS) is 19.7. The first-order valence-electron chi connectivity index (χ1n) is 13.3. The zero-order chi connectivity index (χ0) is 26.7. The number of rotatable bonds is 7. The summed E-state index contributed by atoms with van der Waals surface area (Å²) in [5.41, 5.74) is 9.54. The number of pyridine rings is 2. The lowest BCUT2D eigenvalue weighted by atomic mass is 10.0. The van der Waals surface area contributed by atoms with Crippen molar-refractivity contribution >= 4 is 11.6 Å². The van der Waals surface area contributed by atoms with Crippen LogP contribution in [0.2, 0.25) is 0 Å². The van der Waals surface area contributed by atoms with Crippen LogP contribution in [0.1, 0.15) is 42.9 Å². The van der Waals surface area contributed by atoms with E-state index in [4.69, 9.17) is 5.73 Å².